The smallest absolute Gasteiger partial charge is 0.310 e. The van der Waals surface area contributed by atoms with Crippen molar-refractivity contribution in [1.82, 2.24) is 14.8 Å². The number of pyridine rings is 1. The summed E-state index contributed by atoms with van der Waals surface area (Å²) in [6, 6.07) is 19.1. The van der Waals surface area contributed by atoms with Gasteiger partial charge in [0.1, 0.15) is 10.7 Å². The quantitative estimate of drug-likeness (QED) is 0.301. The molecule has 150 valence electrons. The number of hydrogen-bond acceptors (Lipinski definition) is 4. The molecule has 30 heavy (non-hydrogen) atoms. The van der Waals surface area contributed by atoms with Gasteiger partial charge in [0.25, 0.3) is 0 Å². The third-order valence-electron chi connectivity index (χ3n) is 4.69. The van der Waals surface area contributed by atoms with Crippen LogP contribution in [0.1, 0.15) is 30.3 Å². The average molecular weight is 418 g/mol. The molecule has 0 spiro atoms. The molecular weight excluding hydrogens is 398 g/mol. The van der Waals surface area contributed by atoms with Crippen LogP contribution < -0.4 is 4.74 Å². The van der Waals surface area contributed by atoms with Crippen LogP contribution in [0.15, 0.2) is 60.7 Å². The average Bonchev–Trinajstić information content (AvgIpc) is 3.06. The second-order valence-corrected chi connectivity index (χ2v) is 7.12. The number of nitrogens with zero attached hydrogens (tertiary/aromatic N) is 3. The van der Waals surface area contributed by atoms with Crippen molar-refractivity contribution in [1.29, 1.82) is 0 Å². The van der Waals surface area contributed by atoms with Gasteiger partial charge in [-0.05, 0) is 43.3 Å². The van der Waals surface area contributed by atoms with Crippen LogP contribution in [0.2, 0.25) is 5.15 Å². The molecule has 0 amide bonds. The first-order chi connectivity index (χ1) is 14.6. The molecule has 0 unspecified atom stereocenters. The molecule has 0 fully saturated rings. The molecule has 6 heteroatoms. The molecule has 0 saturated carbocycles. The fourth-order valence-corrected chi connectivity index (χ4v) is 3.45. The second-order valence-electron chi connectivity index (χ2n) is 6.76. The van der Waals surface area contributed by atoms with Crippen molar-refractivity contribution in [3.8, 4) is 11.4 Å². The molecule has 0 atom stereocenters. The van der Waals surface area contributed by atoms with Gasteiger partial charge < -0.3 is 4.74 Å². The number of carbonyl (C=O) groups excluding carboxylic acids is 1. The lowest BCUT2D eigenvalue weighted by molar-refractivity contribution is -0.133. The summed E-state index contributed by atoms with van der Waals surface area (Å²) in [6.45, 7) is 3.68. The van der Waals surface area contributed by atoms with Crippen molar-refractivity contribution < 1.29 is 9.53 Å². The van der Waals surface area contributed by atoms with Crippen LogP contribution in [-0.2, 0) is 4.79 Å². The Morgan fingerprint density at radius 3 is 2.63 bits per heavy atom. The molecule has 0 saturated heterocycles. The Kier molecular flexibility index (Phi) is 5.63. The molecule has 0 aliphatic heterocycles. The predicted octanol–water partition coefficient (Wildman–Crippen LogP) is 5.87. The van der Waals surface area contributed by atoms with Crippen LogP contribution >= 0.6 is 11.6 Å². The van der Waals surface area contributed by atoms with Gasteiger partial charge >= 0.3 is 5.97 Å². The van der Waals surface area contributed by atoms with Crippen LogP contribution in [0.4, 0.5) is 0 Å². The summed E-state index contributed by atoms with van der Waals surface area (Å²) in [5, 5.41) is 5.99. The number of halogens is 1. The fourth-order valence-electron chi connectivity index (χ4n) is 3.11. The van der Waals surface area contributed by atoms with E-state index in [0.717, 1.165) is 28.0 Å². The summed E-state index contributed by atoms with van der Waals surface area (Å²) in [6.07, 6.45) is 4.08. The lowest BCUT2D eigenvalue weighted by Gasteiger charge is -2.07. The maximum Gasteiger partial charge on any atom is 0.310 e. The topological polar surface area (TPSA) is 57.0 Å². The molecule has 0 aliphatic rings. The summed E-state index contributed by atoms with van der Waals surface area (Å²) in [5.41, 5.74) is 3.91. The van der Waals surface area contributed by atoms with E-state index < -0.39 is 0 Å². The predicted molar refractivity (Wildman–Crippen MR) is 120 cm³/mol. The lowest BCUT2D eigenvalue weighted by Crippen LogP contribution is -2.06. The van der Waals surface area contributed by atoms with Gasteiger partial charge in [-0.2, -0.15) is 5.10 Å². The minimum absolute atomic E-state index is 0.291. The number of para-hydroxylation sites is 2. The number of fused-ring (bicyclic) bond motifs is 1. The summed E-state index contributed by atoms with van der Waals surface area (Å²) in [5.74, 6) is 0.168. The van der Waals surface area contributed by atoms with Gasteiger partial charge in [0.05, 0.1) is 17.1 Å². The normalized spacial score (nSPS) is 11.3. The molecule has 0 aliphatic carbocycles. The molecule has 0 N–H and O–H groups in total. The minimum Gasteiger partial charge on any atom is -0.424 e. The molecule has 0 radical (unpaired) electrons. The number of hydrogen-bond donors (Lipinski definition) is 0. The molecule has 2 aromatic heterocycles. The van der Waals surface area contributed by atoms with E-state index in [4.69, 9.17) is 16.3 Å². The van der Waals surface area contributed by atoms with Gasteiger partial charge in [-0.1, -0.05) is 54.9 Å². The van der Waals surface area contributed by atoms with E-state index in [1.807, 2.05) is 73.7 Å². The van der Waals surface area contributed by atoms with E-state index in [2.05, 4.69) is 10.1 Å². The molecule has 0 bridgehead atoms. The highest BCUT2D eigenvalue weighted by Gasteiger charge is 2.13. The van der Waals surface area contributed by atoms with E-state index in [0.29, 0.717) is 22.8 Å². The lowest BCUT2D eigenvalue weighted by atomic mass is 10.1. The van der Waals surface area contributed by atoms with Crippen molar-refractivity contribution in [2.45, 2.75) is 20.3 Å². The maximum atomic E-state index is 11.7. The highest BCUT2D eigenvalue weighted by Crippen LogP contribution is 2.27. The van der Waals surface area contributed by atoms with E-state index >= 15 is 0 Å². The molecule has 4 aromatic rings. The third-order valence-corrected chi connectivity index (χ3v) is 5.05. The highest BCUT2D eigenvalue weighted by atomic mass is 35.5. The highest BCUT2D eigenvalue weighted by molar-refractivity contribution is 6.31. The molecular formula is C24H20ClN3O2. The molecule has 5 nitrogen and oxygen atoms in total. The van der Waals surface area contributed by atoms with E-state index in [-0.39, 0.29) is 5.97 Å². The van der Waals surface area contributed by atoms with E-state index in [1.54, 1.807) is 17.7 Å². The number of aryl methyl sites for hydroxylation is 1. The van der Waals surface area contributed by atoms with Crippen LogP contribution in [0.3, 0.4) is 0 Å². The Hall–Kier alpha value is -3.44. The van der Waals surface area contributed by atoms with Crippen molar-refractivity contribution in [3.63, 3.8) is 0 Å². The SMILES string of the molecule is CCC(=O)Oc1cccc2ccc(C=Cc3c(C)nn(-c4ccccc4)c3Cl)nc12. The Morgan fingerprint density at radius 1 is 1.07 bits per heavy atom. The van der Waals surface area contributed by atoms with Crippen molar-refractivity contribution in [2.24, 2.45) is 0 Å². The van der Waals surface area contributed by atoms with E-state index in [9.17, 15) is 4.79 Å². The first-order valence-corrected chi connectivity index (χ1v) is 10.0. The number of benzene rings is 2. The van der Waals surface area contributed by atoms with Crippen LogP contribution in [0.25, 0.3) is 28.7 Å². The van der Waals surface area contributed by atoms with E-state index in [1.165, 1.54) is 0 Å². The maximum absolute atomic E-state index is 11.7. The Balaban J connectivity index is 1.69. The summed E-state index contributed by atoms with van der Waals surface area (Å²) in [7, 11) is 0. The van der Waals surface area contributed by atoms with Crippen LogP contribution in [0, 0.1) is 6.92 Å². The standard InChI is InChI=1S/C24H20ClN3O2/c1-3-22(29)30-21-11-7-8-17-12-13-18(26-23(17)21)14-15-20-16(2)27-28(24(20)25)19-9-5-4-6-10-19/h4-15H,3H2,1-2H3. The van der Waals surface area contributed by atoms with Crippen LogP contribution in [-0.4, -0.2) is 20.7 Å². The number of rotatable bonds is 5. The summed E-state index contributed by atoms with van der Waals surface area (Å²) < 4.78 is 7.14. The van der Waals surface area contributed by atoms with Crippen molar-refractivity contribution >= 4 is 40.6 Å². The number of esters is 1. The zero-order valence-electron chi connectivity index (χ0n) is 16.7. The van der Waals surface area contributed by atoms with Gasteiger partial charge in [-0.15, -0.1) is 0 Å². The van der Waals surface area contributed by atoms with Gasteiger partial charge in [0, 0.05) is 17.4 Å². The molecule has 2 heterocycles. The first-order valence-electron chi connectivity index (χ1n) is 9.66. The number of ether oxygens (including phenoxy) is 1. The van der Waals surface area contributed by atoms with Gasteiger partial charge in [0.2, 0.25) is 0 Å². The zero-order valence-corrected chi connectivity index (χ0v) is 17.4. The van der Waals surface area contributed by atoms with Crippen molar-refractivity contribution in [2.75, 3.05) is 0 Å². The Labute approximate surface area is 179 Å². The Morgan fingerprint density at radius 2 is 1.87 bits per heavy atom. The number of carbonyl (C=O) groups is 1. The minimum atomic E-state index is -0.291. The van der Waals surface area contributed by atoms with Crippen LogP contribution in [0.5, 0.6) is 5.75 Å². The van der Waals surface area contributed by atoms with Gasteiger partial charge in [0.15, 0.2) is 5.75 Å². The fraction of sp³-hybridized carbons (Fsp3) is 0.125. The zero-order chi connectivity index (χ0) is 21.1. The van der Waals surface area contributed by atoms with Gasteiger partial charge in [-0.3, -0.25) is 4.79 Å². The van der Waals surface area contributed by atoms with Crippen molar-refractivity contribution in [3.05, 3.63) is 82.8 Å². The molecule has 2 aromatic carbocycles. The summed E-state index contributed by atoms with van der Waals surface area (Å²) >= 11 is 6.60. The first kappa shape index (κ1) is 19.9. The Bertz CT molecular complexity index is 1250. The monoisotopic (exact) mass is 417 g/mol. The molecule has 4 rings (SSSR count). The third kappa shape index (κ3) is 3.98. The summed E-state index contributed by atoms with van der Waals surface area (Å²) in [4.78, 5) is 16.4. The number of aromatic nitrogens is 3. The second kappa shape index (κ2) is 8.51. The van der Waals surface area contributed by atoms with Gasteiger partial charge in [-0.25, -0.2) is 9.67 Å². The largest absolute Gasteiger partial charge is 0.424 e.